The zero-order valence-corrected chi connectivity index (χ0v) is 22.2. The first kappa shape index (κ1) is 27.1. The van der Waals surface area contributed by atoms with Gasteiger partial charge in [-0.05, 0) is 36.8 Å². The number of carbonyl (C=O) groups is 2. The van der Waals surface area contributed by atoms with Gasteiger partial charge in [0.05, 0.1) is 10.9 Å². The molecule has 0 aliphatic carbocycles. The first-order valence-corrected chi connectivity index (χ1v) is 14.6. The van der Waals surface area contributed by atoms with Crippen LogP contribution in [-0.2, 0) is 16.1 Å². The highest BCUT2D eigenvalue weighted by Crippen LogP contribution is 2.34. The lowest BCUT2D eigenvalue weighted by atomic mass is 10.1. The molecule has 1 fully saturated rings. The first-order chi connectivity index (χ1) is 16.6. The molecule has 1 unspecified atom stereocenters. The molecule has 0 aromatic heterocycles. The van der Waals surface area contributed by atoms with Crippen molar-refractivity contribution in [1.29, 1.82) is 0 Å². The molecule has 1 aromatic rings. The Hall–Kier alpha value is -1.53. The third-order valence-corrected chi connectivity index (χ3v) is 8.14. The summed E-state index contributed by atoms with van der Waals surface area (Å²) in [4.78, 5) is 29.4. The van der Waals surface area contributed by atoms with E-state index in [1.54, 1.807) is 11.8 Å². The van der Waals surface area contributed by atoms with Crippen LogP contribution in [-0.4, -0.2) is 41.0 Å². The van der Waals surface area contributed by atoms with E-state index < -0.39 is 0 Å². The molecule has 5 nitrogen and oxygen atoms in total. The summed E-state index contributed by atoms with van der Waals surface area (Å²) in [6, 6.07) is 5.73. The van der Waals surface area contributed by atoms with Gasteiger partial charge in [0.15, 0.2) is 0 Å². The Morgan fingerprint density at radius 3 is 2.29 bits per heavy atom. The number of anilines is 1. The molecule has 0 spiro atoms. The van der Waals surface area contributed by atoms with E-state index in [0.717, 1.165) is 49.4 Å². The number of rotatable bonds is 16. The van der Waals surface area contributed by atoms with Gasteiger partial charge in [0.25, 0.3) is 0 Å². The number of imide groups is 1. The summed E-state index contributed by atoms with van der Waals surface area (Å²) in [6.45, 7) is 6.85. The molecule has 0 saturated carbocycles. The fourth-order valence-electron chi connectivity index (χ4n) is 4.76. The van der Waals surface area contributed by atoms with Gasteiger partial charge in [0, 0.05) is 25.1 Å². The van der Waals surface area contributed by atoms with Crippen LogP contribution < -0.4 is 9.64 Å². The summed E-state index contributed by atoms with van der Waals surface area (Å²) < 4.78 is 5.88. The van der Waals surface area contributed by atoms with Crippen molar-refractivity contribution in [2.24, 2.45) is 0 Å². The highest BCUT2D eigenvalue weighted by atomic mass is 32.2. The van der Waals surface area contributed by atoms with Crippen molar-refractivity contribution in [3.63, 3.8) is 0 Å². The predicted molar refractivity (Wildman–Crippen MR) is 142 cm³/mol. The molecule has 34 heavy (non-hydrogen) atoms. The second-order valence-electron chi connectivity index (χ2n) is 9.78. The number of nitrogens with zero attached hydrogens (tertiary/aromatic N) is 2. The Bertz CT molecular complexity index is 785. The molecule has 1 saturated heterocycles. The monoisotopic (exact) mass is 488 g/mol. The van der Waals surface area contributed by atoms with E-state index in [2.05, 4.69) is 18.7 Å². The number of benzene rings is 1. The van der Waals surface area contributed by atoms with Gasteiger partial charge in [-0.2, -0.15) is 0 Å². The Morgan fingerprint density at radius 2 is 1.59 bits per heavy atom. The van der Waals surface area contributed by atoms with Gasteiger partial charge < -0.3 is 4.74 Å². The minimum Gasteiger partial charge on any atom is -0.478 e. The quantitative estimate of drug-likeness (QED) is 0.187. The topological polar surface area (TPSA) is 49.9 Å². The van der Waals surface area contributed by atoms with E-state index in [0.29, 0.717) is 18.8 Å². The molecule has 2 amide bonds. The van der Waals surface area contributed by atoms with Crippen LogP contribution in [0.2, 0.25) is 0 Å². The molecule has 0 N–H and O–H groups in total. The van der Waals surface area contributed by atoms with Gasteiger partial charge in [-0.25, -0.2) is 4.90 Å². The lowest BCUT2D eigenvalue weighted by Crippen LogP contribution is -2.34. The van der Waals surface area contributed by atoms with Crippen LogP contribution in [0.3, 0.4) is 0 Å². The molecular weight excluding hydrogens is 444 g/mol. The lowest BCUT2D eigenvalue weighted by molar-refractivity contribution is -0.121. The molecule has 0 bridgehead atoms. The molecule has 6 heteroatoms. The Kier molecular flexibility index (Phi) is 11.8. The maximum atomic E-state index is 13.0. The fraction of sp³-hybridized carbons (Fsp3) is 0.714. The number of ether oxygens (including phenoxy) is 1. The minimum absolute atomic E-state index is 0.0541. The SMILES string of the molecule is CCCCCCCCCCCCSC1CC(=O)N(c2ccc3c(c2)CN(CCCC)CO3)C1=O. The Morgan fingerprint density at radius 1 is 0.912 bits per heavy atom. The van der Waals surface area contributed by atoms with Crippen molar-refractivity contribution >= 4 is 29.3 Å². The van der Waals surface area contributed by atoms with Gasteiger partial charge in [-0.3, -0.25) is 14.5 Å². The molecule has 1 atom stereocenters. The van der Waals surface area contributed by atoms with E-state index >= 15 is 0 Å². The van der Waals surface area contributed by atoms with E-state index in [9.17, 15) is 9.59 Å². The number of hydrogen-bond acceptors (Lipinski definition) is 5. The molecule has 0 radical (unpaired) electrons. The van der Waals surface area contributed by atoms with Crippen LogP contribution in [0.25, 0.3) is 0 Å². The number of unbranched alkanes of at least 4 members (excludes halogenated alkanes) is 10. The number of amides is 2. The fourth-order valence-corrected chi connectivity index (χ4v) is 5.93. The summed E-state index contributed by atoms with van der Waals surface area (Å²) in [5.41, 5.74) is 1.75. The van der Waals surface area contributed by atoms with E-state index in [1.807, 2.05) is 18.2 Å². The maximum absolute atomic E-state index is 13.0. The smallest absolute Gasteiger partial charge is 0.247 e. The van der Waals surface area contributed by atoms with Crippen molar-refractivity contribution < 1.29 is 14.3 Å². The van der Waals surface area contributed by atoms with Crippen LogP contribution >= 0.6 is 11.8 Å². The third kappa shape index (κ3) is 8.01. The van der Waals surface area contributed by atoms with Crippen LogP contribution in [0.4, 0.5) is 5.69 Å². The van der Waals surface area contributed by atoms with Gasteiger partial charge in [0.2, 0.25) is 11.8 Å². The molecule has 2 heterocycles. The summed E-state index contributed by atoms with van der Waals surface area (Å²) >= 11 is 1.66. The van der Waals surface area contributed by atoms with E-state index in [-0.39, 0.29) is 17.1 Å². The van der Waals surface area contributed by atoms with Gasteiger partial charge in [-0.15, -0.1) is 11.8 Å². The highest BCUT2D eigenvalue weighted by Gasteiger charge is 2.40. The highest BCUT2D eigenvalue weighted by molar-refractivity contribution is 8.00. The van der Waals surface area contributed by atoms with Gasteiger partial charge >= 0.3 is 0 Å². The van der Waals surface area contributed by atoms with Gasteiger partial charge in [0.1, 0.15) is 12.5 Å². The van der Waals surface area contributed by atoms with Gasteiger partial charge in [-0.1, -0.05) is 78.1 Å². The van der Waals surface area contributed by atoms with Crippen LogP contribution in [0.5, 0.6) is 5.75 Å². The largest absolute Gasteiger partial charge is 0.478 e. The number of fused-ring (bicyclic) bond motifs is 1. The zero-order chi connectivity index (χ0) is 24.2. The summed E-state index contributed by atoms with van der Waals surface area (Å²) in [5.74, 6) is 1.69. The number of thioether (sulfide) groups is 1. The van der Waals surface area contributed by atoms with E-state index in [4.69, 9.17) is 4.74 Å². The van der Waals surface area contributed by atoms with Crippen molar-refractivity contribution in [2.45, 2.75) is 109 Å². The summed E-state index contributed by atoms with van der Waals surface area (Å²) in [5, 5.41) is -0.237. The zero-order valence-electron chi connectivity index (χ0n) is 21.4. The summed E-state index contributed by atoms with van der Waals surface area (Å²) in [7, 11) is 0. The van der Waals surface area contributed by atoms with Crippen molar-refractivity contribution in [3.05, 3.63) is 23.8 Å². The molecule has 2 aliphatic rings. The van der Waals surface area contributed by atoms with Crippen molar-refractivity contribution in [2.75, 3.05) is 23.9 Å². The van der Waals surface area contributed by atoms with Crippen LogP contribution in [0.1, 0.15) is 103 Å². The molecular formula is C28H44N2O3S. The average Bonchev–Trinajstić information content (AvgIpc) is 3.13. The normalized spacial score (nSPS) is 18.4. The second-order valence-corrected chi connectivity index (χ2v) is 11.1. The summed E-state index contributed by atoms with van der Waals surface area (Å²) in [6.07, 6.45) is 15.7. The molecule has 2 aliphatic heterocycles. The van der Waals surface area contributed by atoms with Crippen molar-refractivity contribution in [3.8, 4) is 5.75 Å². The average molecular weight is 489 g/mol. The third-order valence-electron chi connectivity index (χ3n) is 6.85. The number of carbonyl (C=O) groups excluding carboxylic acids is 2. The molecule has 3 rings (SSSR count). The standard InChI is InChI=1S/C28H44N2O3S/c1-3-5-7-8-9-10-11-12-13-14-18-34-26-20-27(31)30(28(26)32)24-15-16-25-23(19-24)21-29(22-33-25)17-6-4-2/h15-16,19,26H,3-14,17-18,20-22H2,1-2H3. The van der Waals surface area contributed by atoms with Crippen LogP contribution in [0.15, 0.2) is 18.2 Å². The Balaban J connectivity index is 1.39. The Labute approximate surface area is 211 Å². The lowest BCUT2D eigenvalue weighted by Gasteiger charge is -2.29. The molecule has 190 valence electrons. The minimum atomic E-state index is -0.237. The molecule has 1 aromatic carbocycles. The maximum Gasteiger partial charge on any atom is 0.247 e. The first-order valence-electron chi connectivity index (χ1n) is 13.6. The van der Waals surface area contributed by atoms with Crippen LogP contribution in [0, 0.1) is 0 Å². The second kappa shape index (κ2) is 14.8. The number of hydrogen-bond donors (Lipinski definition) is 0. The predicted octanol–water partition coefficient (Wildman–Crippen LogP) is 6.92. The van der Waals surface area contributed by atoms with E-state index in [1.165, 1.54) is 62.7 Å². The van der Waals surface area contributed by atoms with Crippen molar-refractivity contribution in [1.82, 2.24) is 4.90 Å².